The van der Waals surface area contributed by atoms with E-state index < -0.39 is 0 Å². The first-order valence-electron chi connectivity index (χ1n) is 12.2. The summed E-state index contributed by atoms with van der Waals surface area (Å²) in [5.41, 5.74) is 4.02. The summed E-state index contributed by atoms with van der Waals surface area (Å²) >= 11 is 8.99. The summed E-state index contributed by atoms with van der Waals surface area (Å²) in [5, 5.41) is 6.86. The van der Waals surface area contributed by atoms with Crippen LogP contribution >= 0.6 is 28.1 Å². The van der Waals surface area contributed by atoms with Crippen LogP contribution in [0, 0.1) is 19.7 Å². The summed E-state index contributed by atoms with van der Waals surface area (Å²) in [6.07, 6.45) is 1.94. The number of furan rings is 1. The SMILES string of the molecule is Cc1ccc(C)c(NC(=O)CCN2C(=S)N[C@H](c3ccccn3)[C@H]2c2ccc(-c3ccc(Br)cc3F)o2)c1. The van der Waals surface area contributed by atoms with Crippen LogP contribution in [0.4, 0.5) is 10.1 Å². The normalized spacial score (nSPS) is 16.9. The van der Waals surface area contributed by atoms with Gasteiger partial charge in [-0.25, -0.2) is 4.39 Å². The first kappa shape index (κ1) is 26.1. The fourth-order valence-corrected chi connectivity index (χ4v) is 5.27. The molecule has 2 aromatic heterocycles. The zero-order valence-corrected chi connectivity index (χ0v) is 23.3. The molecule has 0 bridgehead atoms. The summed E-state index contributed by atoms with van der Waals surface area (Å²) < 4.78 is 21.5. The van der Waals surface area contributed by atoms with E-state index in [1.807, 2.05) is 61.2 Å². The molecule has 1 amide bonds. The van der Waals surface area contributed by atoms with E-state index in [2.05, 4.69) is 31.5 Å². The molecule has 194 valence electrons. The van der Waals surface area contributed by atoms with E-state index >= 15 is 0 Å². The molecule has 1 saturated heterocycles. The predicted molar refractivity (Wildman–Crippen MR) is 153 cm³/mol. The van der Waals surface area contributed by atoms with Crippen LogP contribution in [0.5, 0.6) is 0 Å². The van der Waals surface area contributed by atoms with Gasteiger partial charge in [-0.05, 0) is 85.7 Å². The molecule has 6 nitrogen and oxygen atoms in total. The molecule has 38 heavy (non-hydrogen) atoms. The number of pyridine rings is 1. The van der Waals surface area contributed by atoms with Gasteiger partial charge in [-0.2, -0.15) is 0 Å². The minimum Gasteiger partial charge on any atom is -0.459 e. The average Bonchev–Trinajstić information content (AvgIpc) is 3.50. The fourth-order valence-electron chi connectivity index (χ4n) is 4.61. The molecule has 2 aromatic carbocycles. The van der Waals surface area contributed by atoms with Gasteiger partial charge in [0.05, 0.1) is 17.3 Å². The standard InChI is InChI=1S/C29H26BrFN4O2S/c1-17-6-7-18(2)23(15-17)33-26(36)12-14-35-28(27(34-29(35)38)22-5-3-4-13-32-22)25-11-10-24(37-25)20-9-8-19(30)16-21(20)31/h3-11,13,15-16,27-28H,12,14H2,1-2H3,(H,33,36)(H,34,38)/t27-,28-/m1/s1. The number of rotatable bonds is 7. The Kier molecular flexibility index (Phi) is 7.58. The van der Waals surface area contributed by atoms with E-state index in [-0.39, 0.29) is 30.2 Å². The van der Waals surface area contributed by atoms with E-state index in [1.165, 1.54) is 6.07 Å². The van der Waals surface area contributed by atoms with Gasteiger partial charge in [0.1, 0.15) is 23.4 Å². The van der Waals surface area contributed by atoms with Crippen molar-refractivity contribution in [2.45, 2.75) is 32.4 Å². The highest BCUT2D eigenvalue weighted by molar-refractivity contribution is 9.10. The summed E-state index contributed by atoms with van der Waals surface area (Å²) in [6.45, 7) is 4.31. The molecule has 1 aliphatic rings. The maximum atomic E-state index is 14.7. The topological polar surface area (TPSA) is 70.4 Å². The number of aromatic nitrogens is 1. The third-order valence-corrected chi connectivity index (χ3v) is 7.41. The smallest absolute Gasteiger partial charge is 0.226 e. The summed E-state index contributed by atoms with van der Waals surface area (Å²) in [7, 11) is 0. The Morgan fingerprint density at radius 3 is 2.76 bits per heavy atom. The zero-order valence-electron chi connectivity index (χ0n) is 20.9. The van der Waals surface area contributed by atoms with Crippen LogP contribution in [0.25, 0.3) is 11.3 Å². The third-order valence-electron chi connectivity index (χ3n) is 6.56. The summed E-state index contributed by atoms with van der Waals surface area (Å²) in [6, 6.07) is 19.4. The van der Waals surface area contributed by atoms with Crippen molar-refractivity contribution >= 4 is 44.9 Å². The Hall–Kier alpha value is -3.56. The highest BCUT2D eigenvalue weighted by Gasteiger charge is 2.41. The molecule has 1 aliphatic heterocycles. The zero-order chi connectivity index (χ0) is 26.8. The fraction of sp³-hybridized carbons (Fsp3) is 0.207. The largest absolute Gasteiger partial charge is 0.459 e. The predicted octanol–water partition coefficient (Wildman–Crippen LogP) is 6.86. The Morgan fingerprint density at radius 2 is 2.00 bits per heavy atom. The number of hydrogen-bond acceptors (Lipinski definition) is 4. The molecule has 2 N–H and O–H groups in total. The van der Waals surface area contributed by atoms with Gasteiger partial charge in [-0.3, -0.25) is 9.78 Å². The van der Waals surface area contributed by atoms with Gasteiger partial charge < -0.3 is 20.0 Å². The van der Waals surface area contributed by atoms with Crippen LogP contribution in [-0.2, 0) is 4.79 Å². The quantitative estimate of drug-likeness (QED) is 0.228. The molecule has 9 heteroatoms. The Balaban J connectivity index is 1.41. The van der Waals surface area contributed by atoms with Gasteiger partial charge in [-0.15, -0.1) is 0 Å². The van der Waals surface area contributed by atoms with Crippen molar-refractivity contribution in [3.63, 3.8) is 0 Å². The first-order valence-corrected chi connectivity index (χ1v) is 13.4. The van der Waals surface area contributed by atoms with Crippen LogP contribution in [0.1, 0.15) is 41.1 Å². The highest BCUT2D eigenvalue weighted by Crippen LogP contribution is 2.41. The van der Waals surface area contributed by atoms with Crippen LogP contribution in [0.3, 0.4) is 0 Å². The molecule has 0 saturated carbocycles. The average molecular weight is 594 g/mol. The second-order valence-corrected chi connectivity index (χ2v) is 10.6. The molecule has 0 aliphatic carbocycles. The van der Waals surface area contributed by atoms with Crippen molar-refractivity contribution in [2.24, 2.45) is 0 Å². The molecular weight excluding hydrogens is 567 g/mol. The van der Waals surface area contributed by atoms with Crippen molar-refractivity contribution in [3.8, 4) is 11.3 Å². The van der Waals surface area contributed by atoms with Gasteiger partial charge in [-0.1, -0.05) is 34.1 Å². The maximum Gasteiger partial charge on any atom is 0.226 e. The molecule has 1 fully saturated rings. The minimum atomic E-state index is -0.387. The van der Waals surface area contributed by atoms with Gasteiger partial charge >= 0.3 is 0 Å². The van der Waals surface area contributed by atoms with Gasteiger partial charge in [0, 0.05) is 29.3 Å². The number of thiocarbonyl (C=S) groups is 1. The molecule has 0 unspecified atom stereocenters. The van der Waals surface area contributed by atoms with Crippen molar-refractivity contribution < 1.29 is 13.6 Å². The maximum absolute atomic E-state index is 14.7. The van der Waals surface area contributed by atoms with Gasteiger partial charge in [0.15, 0.2) is 5.11 Å². The van der Waals surface area contributed by atoms with Crippen LogP contribution in [0.15, 0.2) is 81.8 Å². The lowest BCUT2D eigenvalue weighted by atomic mass is 10.0. The van der Waals surface area contributed by atoms with Crippen molar-refractivity contribution in [1.29, 1.82) is 0 Å². The Bertz CT molecular complexity index is 1490. The second kappa shape index (κ2) is 11.0. The van der Waals surface area contributed by atoms with Gasteiger partial charge in [0.2, 0.25) is 5.91 Å². The number of carbonyl (C=O) groups is 1. The van der Waals surface area contributed by atoms with E-state index in [4.69, 9.17) is 16.6 Å². The van der Waals surface area contributed by atoms with Crippen molar-refractivity contribution in [3.05, 3.63) is 106 Å². The number of hydrogen-bond donors (Lipinski definition) is 2. The lowest BCUT2D eigenvalue weighted by Gasteiger charge is -2.26. The van der Waals surface area contributed by atoms with Crippen LogP contribution in [-0.4, -0.2) is 27.4 Å². The van der Waals surface area contributed by atoms with E-state index in [0.29, 0.717) is 33.2 Å². The first-order chi connectivity index (χ1) is 18.3. The molecule has 2 atom stereocenters. The highest BCUT2D eigenvalue weighted by atomic mass is 79.9. The van der Waals surface area contributed by atoms with Crippen LogP contribution in [0.2, 0.25) is 0 Å². The third kappa shape index (κ3) is 5.49. The molecular formula is C29H26BrFN4O2S. The molecule has 5 rings (SSSR count). The van der Waals surface area contributed by atoms with E-state index in [1.54, 1.807) is 24.4 Å². The van der Waals surface area contributed by atoms with E-state index in [0.717, 1.165) is 22.5 Å². The Morgan fingerprint density at radius 1 is 1.16 bits per heavy atom. The second-order valence-electron chi connectivity index (χ2n) is 9.26. The number of amides is 1. The molecule has 3 heterocycles. The monoisotopic (exact) mass is 592 g/mol. The summed E-state index contributed by atoms with van der Waals surface area (Å²) in [4.78, 5) is 19.4. The van der Waals surface area contributed by atoms with Gasteiger partial charge in [0.25, 0.3) is 0 Å². The molecule has 0 spiro atoms. The lowest BCUT2D eigenvalue weighted by molar-refractivity contribution is -0.116. The number of nitrogens with one attached hydrogen (secondary N) is 2. The number of aryl methyl sites for hydroxylation is 2. The number of benzene rings is 2. The molecule has 0 radical (unpaired) electrons. The van der Waals surface area contributed by atoms with Crippen LogP contribution < -0.4 is 10.6 Å². The minimum absolute atomic E-state index is 0.112. The lowest BCUT2D eigenvalue weighted by Crippen LogP contribution is -2.32. The Labute approximate surface area is 234 Å². The summed E-state index contributed by atoms with van der Waals surface area (Å²) in [5.74, 6) is 0.510. The number of nitrogens with zero attached hydrogens (tertiary/aromatic N) is 2. The van der Waals surface area contributed by atoms with Crippen molar-refractivity contribution in [2.75, 3.05) is 11.9 Å². The number of halogens is 2. The molecule has 4 aromatic rings. The van der Waals surface area contributed by atoms with E-state index in [9.17, 15) is 9.18 Å². The number of anilines is 1. The number of carbonyl (C=O) groups excluding carboxylic acids is 1. The van der Waals surface area contributed by atoms with Crippen molar-refractivity contribution in [1.82, 2.24) is 15.2 Å².